The summed E-state index contributed by atoms with van der Waals surface area (Å²) in [5.74, 6) is 1.66. The third kappa shape index (κ3) is 4.30. The van der Waals surface area contributed by atoms with Gasteiger partial charge < -0.3 is 15.4 Å². The van der Waals surface area contributed by atoms with Gasteiger partial charge in [0.1, 0.15) is 5.82 Å². The summed E-state index contributed by atoms with van der Waals surface area (Å²) in [6.45, 7) is 3.70. The molecule has 0 spiro atoms. The van der Waals surface area contributed by atoms with Crippen LogP contribution in [0.5, 0.6) is 0 Å². The average Bonchev–Trinajstić information content (AvgIpc) is 2.99. The van der Waals surface area contributed by atoms with E-state index in [4.69, 9.17) is 4.74 Å². The summed E-state index contributed by atoms with van der Waals surface area (Å²) in [7, 11) is 0. The van der Waals surface area contributed by atoms with Crippen LogP contribution in [0.1, 0.15) is 50.6 Å². The minimum Gasteiger partial charge on any atom is -0.376 e. The second-order valence-corrected chi connectivity index (χ2v) is 6.21. The highest BCUT2D eigenvalue weighted by Crippen LogP contribution is 2.21. The molecular formula is C16H26N4O. The Balaban J connectivity index is 1.58. The summed E-state index contributed by atoms with van der Waals surface area (Å²) in [6.07, 6.45) is 9.13. The molecule has 2 heterocycles. The lowest BCUT2D eigenvalue weighted by Crippen LogP contribution is -2.24. The number of nitrogens with zero attached hydrogens (tertiary/aromatic N) is 2. The minimum absolute atomic E-state index is 0.309. The summed E-state index contributed by atoms with van der Waals surface area (Å²) in [4.78, 5) is 9.07. The van der Waals surface area contributed by atoms with Crippen molar-refractivity contribution in [3.63, 3.8) is 0 Å². The molecule has 116 valence electrons. The molecule has 2 N–H and O–H groups in total. The zero-order valence-corrected chi connectivity index (χ0v) is 12.9. The molecular weight excluding hydrogens is 264 g/mol. The maximum Gasteiger partial charge on any atom is 0.224 e. The Morgan fingerprint density at radius 2 is 2.00 bits per heavy atom. The van der Waals surface area contributed by atoms with Gasteiger partial charge in [-0.25, -0.2) is 4.98 Å². The number of ether oxygens (including phenoxy) is 1. The predicted octanol–water partition coefficient (Wildman–Crippen LogP) is 3.12. The van der Waals surface area contributed by atoms with Crippen molar-refractivity contribution in [1.82, 2.24) is 9.97 Å². The summed E-state index contributed by atoms with van der Waals surface area (Å²) >= 11 is 0. The van der Waals surface area contributed by atoms with Crippen LogP contribution in [0.4, 0.5) is 11.8 Å². The zero-order valence-electron chi connectivity index (χ0n) is 12.9. The van der Waals surface area contributed by atoms with Gasteiger partial charge in [0.25, 0.3) is 0 Å². The molecule has 1 unspecified atom stereocenters. The highest BCUT2D eigenvalue weighted by Gasteiger charge is 2.16. The Labute approximate surface area is 126 Å². The first-order valence-corrected chi connectivity index (χ1v) is 8.27. The molecule has 21 heavy (non-hydrogen) atoms. The molecule has 1 aliphatic carbocycles. The molecule has 1 aliphatic heterocycles. The highest BCUT2D eigenvalue weighted by atomic mass is 16.5. The quantitative estimate of drug-likeness (QED) is 0.872. The third-order valence-electron chi connectivity index (χ3n) is 4.32. The van der Waals surface area contributed by atoms with Gasteiger partial charge in [0.05, 0.1) is 6.10 Å². The van der Waals surface area contributed by atoms with Crippen LogP contribution in [0.15, 0.2) is 6.07 Å². The van der Waals surface area contributed by atoms with Gasteiger partial charge in [-0.3, -0.25) is 0 Å². The van der Waals surface area contributed by atoms with Crippen molar-refractivity contribution >= 4 is 11.8 Å². The number of hydrogen-bond acceptors (Lipinski definition) is 5. The minimum atomic E-state index is 0.309. The van der Waals surface area contributed by atoms with Crippen molar-refractivity contribution in [2.24, 2.45) is 0 Å². The lowest BCUT2D eigenvalue weighted by atomic mass is 9.95. The van der Waals surface area contributed by atoms with Crippen LogP contribution in [0, 0.1) is 6.92 Å². The monoisotopic (exact) mass is 290 g/mol. The maximum atomic E-state index is 5.62. The summed E-state index contributed by atoms with van der Waals surface area (Å²) < 4.78 is 5.62. The van der Waals surface area contributed by atoms with Crippen LogP contribution in [0.25, 0.3) is 0 Å². The van der Waals surface area contributed by atoms with Gasteiger partial charge in [0, 0.05) is 31.0 Å². The van der Waals surface area contributed by atoms with E-state index in [0.717, 1.165) is 37.5 Å². The molecule has 1 aromatic heterocycles. The van der Waals surface area contributed by atoms with Gasteiger partial charge >= 0.3 is 0 Å². The van der Waals surface area contributed by atoms with Crippen LogP contribution in [-0.4, -0.2) is 35.3 Å². The third-order valence-corrected chi connectivity index (χ3v) is 4.32. The Bertz CT molecular complexity index is 454. The SMILES string of the molecule is Cc1cc(NC2CCCCC2)nc(NCC2CCCO2)n1. The molecule has 0 aromatic carbocycles. The Morgan fingerprint density at radius 1 is 1.14 bits per heavy atom. The van der Waals surface area contributed by atoms with Crippen LogP contribution < -0.4 is 10.6 Å². The van der Waals surface area contributed by atoms with Gasteiger partial charge in [-0.1, -0.05) is 19.3 Å². The van der Waals surface area contributed by atoms with Crippen LogP contribution in [0.2, 0.25) is 0 Å². The average molecular weight is 290 g/mol. The molecule has 3 rings (SSSR count). The number of hydrogen-bond donors (Lipinski definition) is 2. The van der Waals surface area contributed by atoms with E-state index < -0.39 is 0 Å². The van der Waals surface area contributed by atoms with E-state index in [1.54, 1.807) is 0 Å². The van der Waals surface area contributed by atoms with Gasteiger partial charge in [-0.15, -0.1) is 0 Å². The van der Waals surface area contributed by atoms with Gasteiger partial charge in [0.15, 0.2) is 0 Å². The van der Waals surface area contributed by atoms with Crippen LogP contribution >= 0.6 is 0 Å². The summed E-state index contributed by atoms with van der Waals surface area (Å²) in [5, 5.41) is 6.89. The lowest BCUT2D eigenvalue weighted by molar-refractivity contribution is 0.120. The smallest absolute Gasteiger partial charge is 0.224 e. The fourth-order valence-electron chi connectivity index (χ4n) is 3.19. The zero-order chi connectivity index (χ0) is 14.5. The fraction of sp³-hybridized carbons (Fsp3) is 0.750. The van der Waals surface area contributed by atoms with Gasteiger partial charge in [0.2, 0.25) is 5.95 Å². The molecule has 0 amide bonds. The topological polar surface area (TPSA) is 59.1 Å². The van der Waals surface area contributed by atoms with E-state index in [0.29, 0.717) is 18.1 Å². The molecule has 2 fully saturated rings. The van der Waals surface area contributed by atoms with Crippen LogP contribution in [0.3, 0.4) is 0 Å². The Morgan fingerprint density at radius 3 is 2.76 bits per heavy atom. The number of aryl methyl sites for hydroxylation is 1. The Kier molecular flexibility index (Phi) is 4.91. The summed E-state index contributed by atoms with van der Waals surface area (Å²) in [5.41, 5.74) is 0.998. The van der Waals surface area contributed by atoms with Crippen molar-refractivity contribution in [3.05, 3.63) is 11.8 Å². The first-order valence-electron chi connectivity index (χ1n) is 8.27. The normalized spacial score (nSPS) is 23.2. The van der Waals surface area contributed by atoms with Crippen molar-refractivity contribution < 1.29 is 4.74 Å². The molecule has 0 radical (unpaired) electrons. The van der Waals surface area contributed by atoms with E-state index in [1.807, 2.05) is 13.0 Å². The molecule has 0 bridgehead atoms. The Hall–Kier alpha value is -1.36. The molecule has 2 aliphatic rings. The van der Waals surface area contributed by atoms with Gasteiger partial charge in [-0.2, -0.15) is 4.98 Å². The van der Waals surface area contributed by atoms with E-state index in [-0.39, 0.29) is 0 Å². The van der Waals surface area contributed by atoms with E-state index in [9.17, 15) is 0 Å². The number of aromatic nitrogens is 2. The molecule has 1 saturated carbocycles. The number of anilines is 2. The maximum absolute atomic E-state index is 5.62. The van der Waals surface area contributed by atoms with E-state index >= 15 is 0 Å². The van der Waals surface area contributed by atoms with Crippen molar-refractivity contribution in [1.29, 1.82) is 0 Å². The van der Waals surface area contributed by atoms with Crippen LogP contribution in [-0.2, 0) is 4.74 Å². The fourth-order valence-corrected chi connectivity index (χ4v) is 3.19. The molecule has 5 nitrogen and oxygen atoms in total. The molecule has 5 heteroatoms. The first-order chi connectivity index (χ1) is 10.3. The summed E-state index contributed by atoms with van der Waals surface area (Å²) in [6, 6.07) is 2.60. The predicted molar refractivity (Wildman–Crippen MR) is 84.7 cm³/mol. The van der Waals surface area contributed by atoms with E-state index in [2.05, 4.69) is 20.6 Å². The molecule has 1 saturated heterocycles. The van der Waals surface area contributed by atoms with Crippen molar-refractivity contribution in [3.8, 4) is 0 Å². The lowest BCUT2D eigenvalue weighted by Gasteiger charge is -2.23. The number of rotatable bonds is 5. The van der Waals surface area contributed by atoms with Crippen molar-refractivity contribution in [2.45, 2.75) is 64.0 Å². The van der Waals surface area contributed by atoms with E-state index in [1.165, 1.54) is 32.1 Å². The highest BCUT2D eigenvalue weighted by molar-refractivity contribution is 5.43. The number of nitrogens with one attached hydrogen (secondary N) is 2. The molecule has 1 atom stereocenters. The standard InChI is InChI=1S/C16H26N4O/c1-12-10-15(19-13-6-3-2-4-7-13)20-16(18-12)17-11-14-8-5-9-21-14/h10,13-14H,2-9,11H2,1H3,(H2,17,18,19,20). The second kappa shape index (κ2) is 7.07. The van der Waals surface area contributed by atoms with Gasteiger partial charge in [-0.05, 0) is 32.6 Å². The molecule has 1 aromatic rings. The largest absolute Gasteiger partial charge is 0.376 e. The second-order valence-electron chi connectivity index (χ2n) is 6.21. The van der Waals surface area contributed by atoms with Crippen molar-refractivity contribution in [2.75, 3.05) is 23.8 Å². The first kappa shape index (κ1) is 14.6.